The number of sulfone groups is 1. The minimum atomic E-state index is -3.40. The van der Waals surface area contributed by atoms with Gasteiger partial charge in [-0.25, -0.2) is 8.42 Å². The normalized spacial score (nSPS) is 11.5. The molecule has 2 aromatic heterocycles. The average molecular weight is 404 g/mol. The Bertz CT molecular complexity index is 1300. The molecule has 0 amide bonds. The Balaban J connectivity index is 1.88. The number of rotatable bonds is 5. The molecule has 0 radical (unpaired) electrons. The first-order chi connectivity index (χ1) is 14.0. The van der Waals surface area contributed by atoms with Crippen LogP contribution >= 0.6 is 0 Å². The molecule has 0 bridgehead atoms. The Morgan fingerprint density at radius 2 is 1.83 bits per heavy atom. The number of nitrogens with zero attached hydrogens (tertiary/aromatic N) is 3. The molecule has 0 unspecified atom stereocenters. The second-order valence-corrected chi connectivity index (χ2v) is 8.75. The van der Waals surface area contributed by atoms with Crippen LogP contribution in [0.2, 0.25) is 0 Å². The fourth-order valence-electron chi connectivity index (χ4n) is 3.28. The van der Waals surface area contributed by atoms with Gasteiger partial charge < -0.3 is 5.32 Å². The molecule has 0 aliphatic rings. The van der Waals surface area contributed by atoms with Crippen LogP contribution in [0.25, 0.3) is 22.2 Å². The van der Waals surface area contributed by atoms with Gasteiger partial charge in [-0.3, -0.25) is 15.0 Å². The Morgan fingerprint density at radius 3 is 2.62 bits per heavy atom. The minimum Gasteiger partial charge on any atom is -0.353 e. The number of aromatic nitrogens is 3. The second kappa shape index (κ2) is 7.60. The van der Waals surface area contributed by atoms with Crippen molar-refractivity contribution in [3.8, 4) is 11.1 Å². The van der Waals surface area contributed by atoms with E-state index in [2.05, 4.69) is 39.3 Å². The molecule has 0 fully saturated rings. The zero-order valence-electron chi connectivity index (χ0n) is 16.1. The van der Waals surface area contributed by atoms with Gasteiger partial charge in [0.1, 0.15) is 0 Å². The standard InChI is InChI=1S/C22H20N4O2S/c1-3-15-5-4-6-16(11-15)18-12-17(13-19-22(18)25-10-9-24-19)26-20-14-23-8-7-21(20)29(2,27)28/h4-14,26H,3H2,1-2H3. The number of fused-ring (bicyclic) bond motifs is 1. The number of hydrogen-bond acceptors (Lipinski definition) is 6. The van der Waals surface area contributed by atoms with E-state index in [1.807, 2.05) is 24.3 Å². The van der Waals surface area contributed by atoms with Gasteiger partial charge in [-0.15, -0.1) is 0 Å². The summed E-state index contributed by atoms with van der Waals surface area (Å²) in [6.07, 6.45) is 8.41. The Kier molecular flexibility index (Phi) is 4.98. The molecule has 1 N–H and O–H groups in total. The first kappa shape index (κ1) is 19.0. The van der Waals surface area contributed by atoms with Crippen molar-refractivity contribution in [2.45, 2.75) is 18.2 Å². The van der Waals surface area contributed by atoms with E-state index in [4.69, 9.17) is 0 Å². The van der Waals surface area contributed by atoms with Crippen molar-refractivity contribution in [1.82, 2.24) is 15.0 Å². The summed E-state index contributed by atoms with van der Waals surface area (Å²) in [7, 11) is -3.40. The molecule has 2 aromatic carbocycles. The van der Waals surface area contributed by atoms with Crippen molar-refractivity contribution in [3.05, 3.63) is 72.8 Å². The zero-order chi connectivity index (χ0) is 20.4. The molecule has 29 heavy (non-hydrogen) atoms. The Hall–Kier alpha value is -3.32. The van der Waals surface area contributed by atoms with Crippen molar-refractivity contribution in [1.29, 1.82) is 0 Å². The molecule has 0 aliphatic carbocycles. The fourth-order valence-corrected chi connectivity index (χ4v) is 4.09. The molecule has 0 atom stereocenters. The Morgan fingerprint density at radius 1 is 1.00 bits per heavy atom. The lowest BCUT2D eigenvalue weighted by Crippen LogP contribution is -2.03. The molecule has 146 valence electrons. The maximum Gasteiger partial charge on any atom is 0.177 e. The molecular formula is C22H20N4O2S. The quantitative estimate of drug-likeness (QED) is 0.531. The van der Waals surface area contributed by atoms with Gasteiger partial charge in [-0.1, -0.05) is 31.2 Å². The SMILES string of the molecule is CCc1cccc(-c2cc(Nc3cnccc3S(C)(=O)=O)cc3nccnc23)c1. The van der Waals surface area contributed by atoms with E-state index >= 15 is 0 Å². The largest absolute Gasteiger partial charge is 0.353 e. The van der Waals surface area contributed by atoms with Crippen LogP contribution in [0.3, 0.4) is 0 Å². The van der Waals surface area contributed by atoms with Crippen molar-refractivity contribution >= 4 is 32.2 Å². The summed E-state index contributed by atoms with van der Waals surface area (Å²) in [6.45, 7) is 2.12. The van der Waals surface area contributed by atoms with Gasteiger partial charge in [0.25, 0.3) is 0 Å². The van der Waals surface area contributed by atoms with Gasteiger partial charge in [0, 0.05) is 36.1 Å². The van der Waals surface area contributed by atoms with Gasteiger partial charge in [0.05, 0.1) is 27.8 Å². The van der Waals surface area contributed by atoms with Crippen LogP contribution in [-0.4, -0.2) is 29.6 Å². The lowest BCUT2D eigenvalue weighted by Gasteiger charge is -2.14. The van der Waals surface area contributed by atoms with E-state index in [0.717, 1.165) is 28.6 Å². The second-order valence-electron chi connectivity index (χ2n) is 6.77. The van der Waals surface area contributed by atoms with E-state index in [1.165, 1.54) is 30.3 Å². The third-order valence-corrected chi connectivity index (χ3v) is 5.83. The van der Waals surface area contributed by atoms with E-state index < -0.39 is 9.84 Å². The predicted molar refractivity (Wildman–Crippen MR) is 115 cm³/mol. The zero-order valence-corrected chi connectivity index (χ0v) is 16.9. The van der Waals surface area contributed by atoms with Crippen LogP contribution in [0.15, 0.2) is 72.1 Å². The number of benzene rings is 2. The maximum atomic E-state index is 12.1. The maximum absolute atomic E-state index is 12.1. The smallest absolute Gasteiger partial charge is 0.177 e. The van der Waals surface area contributed by atoms with Gasteiger partial charge in [-0.2, -0.15) is 0 Å². The molecular weight excluding hydrogens is 384 g/mol. The fraction of sp³-hybridized carbons (Fsp3) is 0.136. The van der Waals surface area contributed by atoms with Crippen LogP contribution < -0.4 is 5.32 Å². The van der Waals surface area contributed by atoms with E-state index in [0.29, 0.717) is 11.4 Å². The molecule has 2 heterocycles. The molecule has 0 saturated carbocycles. The lowest BCUT2D eigenvalue weighted by atomic mass is 10.00. The van der Waals surface area contributed by atoms with Crippen LogP contribution in [0, 0.1) is 0 Å². The van der Waals surface area contributed by atoms with Crippen molar-refractivity contribution in [3.63, 3.8) is 0 Å². The highest BCUT2D eigenvalue weighted by atomic mass is 32.2. The topological polar surface area (TPSA) is 84.8 Å². The molecule has 0 aliphatic heterocycles. The van der Waals surface area contributed by atoms with Crippen molar-refractivity contribution in [2.24, 2.45) is 0 Å². The highest BCUT2D eigenvalue weighted by molar-refractivity contribution is 7.90. The summed E-state index contributed by atoms with van der Waals surface area (Å²) in [4.78, 5) is 13.2. The molecule has 7 heteroatoms. The van der Waals surface area contributed by atoms with Crippen LogP contribution in [0.5, 0.6) is 0 Å². The van der Waals surface area contributed by atoms with Crippen LogP contribution in [0.1, 0.15) is 12.5 Å². The first-order valence-corrected chi connectivity index (χ1v) is 11.1. The summed E-state index contributed by atoms with van der Waals surface area (Å²) in [5.41, 5.74) is 5.84. The summed E-state index contributed by atoms with van der Waals surface area (Å²) in [5.74, 6) is 0. The third-order valence-electron chi connectivity index (χ3n) is 4.68. The van der Waals surface area contributed by atoms with Gasteiger partial charge in [0.2, 0.25) is 0 Å². The number of hydrogen-bond donors (Lipinski definition) is 1. The van der Waals surface area contributed by atoms with Crippen molar-refractivity contribution < 1.29 is 8.42 Å². The number of anilines is 2. The average Bonchev–Trinajstić information content (AvgIpc) is 2.73. The summed E-state index contributed by atoms with van der Waals surface area (Å²) in [6, 6.07) is 13.6. The van der Waals surface area contributed by atoms with Gasteiger partial charge in [0.15, 0.2) is 9.84 Å². The number of pyridine rings is 1. The van der Waals surface area contributed by atoms with Gasteiger partial charge in [-0.05, 0) is 35.7 Å². The first-order valence-electron chi connectivity index (χ1n) is 9.21. The van der Waals surface area contributed by atoms with Crippen molar-refractivity contribution in [2.75, 3.05) is 11.6 Å². The molecule has 0 spiro atoms. The van der Waals surface area contributed by atoms with Crippen LogP contribution in [-0.2, 0) is 16.3 Å². The number of aryl methyl sites for hydroxylation is 1. The summed E-state index contributed by atoms with van der Waals surface area (Å²) < 4.78 is 24.3. The predicted octanol–water partition coefficient (Wildman–Crippen LogP) is 4.40. The molecule has 6 nitrogen and oxygen atoms in total. The minimum absolute atomic E-state index is 0.196. The summed E-state index contributed by atoms with van der Waals surface area (Å²) in [5, 5.41) is 3.20. The highest BCUT2D eigenvalue weighted by Crippen LogP contribution is 2.33. The Labute approximate surface area is 169 Å². The van der Waals surface area contributed by atoms with Gasteiger partial charge >= 0.3 is 0 Å². The molecule has 0 saturated heterocycles. The summed E-state index contributed by atoms with van der Waals surface area (Å²) >= 11 is 0. The lowest BCUT2D eigenvalue weighted by molar-refractivity contribution is 0.602. The number of nitrogens with one attached hydrogen (secondary N) is 1. The van der Waals surface area contributed by atoms with E-state index in [-0.39, 0.29) is 4.90 Å². The van der Waals surface area contributed by atoms with E-state index in [1.54, 1.807) is 12.4 Å². The van der Waals surface area contributed by atoms with Crippen LogP contribution in [0.4, 0.5) is 11.4 Å². The molecule has 4 rings (SSSR count). The van der Waals surface area contributed by atoms with E-state index in [9.17, 15) is 8.42 Å². The third kappa shape index (κ3) is 3.95. The monoisotopic (exact) mass is 404 g/mol. The highest BCUT2D eigenvalue weighted by Gasteiger charge is 2.15. The molecule has 4 aromatic rings.